The number of rotatable bonds is 3. The Balaban J connectivity index is 2.55. The van der Waals surface area contributed by atoms with Gasteiger partial charge in [-0.3, -0.25) is 0 Å². The molecule has 0 unspecified atom stereocenters. The van der Waals surface area contributed by atoms with Crippen LogP contribution in [0.15, 0.2) is 24.3 Å². The highest BCUT2D eigenvalue weighted by molar-refractivity contribution is 5.93. The number of hydrogen-bond donors (Lipinski definition) is 3. The molecule has 2 rings (SSSR count). The molecule has 0 atom stereocenters. The Kier molecular flexibility index (Phi) is 2.70. The first-order valence-corrected chi connectivity index (χ1v) is 4.85. The van der Waals surface area contributed by atoms with Gasteiger partial charge in [-0.05, 0) is 12.1 Å². The van der Waals surface area contributed by atoms with E-state index >= 15 is 0 Å². The molecule has 0 aliphatic carbocycles. The zero-order chi connectivity index (χ0) is 12.4. The standard InChI is InChI=1S/C11H11N3O3/c1-17-7-4-2-3-6(5-7)8-9(10(15)16)14-11(12)13-8/h2-5H,1H3,(H,15,16)(H3,12,13,14). The van der Waals surface area contributed by atoms with Crippen LogP contribution in [0.1, 0.15) is 10.5 Å². The van der Waals surface area contributed by atoms with Crippen LogP contribution < -0.4 is 10.5 Å². The summed E-state index contributed by atoms with van der Waals surface area (Å²) in [6, 6.07) is 6.96. The van der Waals surface area contributed by atoms with E-state index in [2.05, 4.69) is 9.97 Å². The van der Waals surface area contributed by atoms with Crippen LogP contribution in [0.2, 0.25) is 0 Å². The number of nitrogen functional groups attached to an aromatic ring is 1. The van der Waals surface area contributed by atoms with Crippen LogP contribution in [-0.4, -0.2) is 28.2 Å². The number of nitrogens with two attached hydrogens (primary N) is 1. The van der Waals surface area contributed by atoms with Gasteiger partial charge in [0.05, 0.1) is 7.11 Å². The largest absolute Gasteiger partial charge is 0.497 e. The number of anilines is 1. The van der Waals surface area contributed by atoms with Gasteiger partial charge in [0.15, 0.2) is 11.6 Å². The molecule has 0 amide bonds. The van der Waals surface area contributed by atoms with Crippen LogP contribution >= 0.6 is 0 Å². The number of carbonyl (C=O) groups is 1. The second-order valence-corrected chi connectivity index (χ2v) is 3.38. The van der Waals surface area contributed by atoms with E-state index in [1.165, 1.54) is 7.11 Å². The Morgan fingerprint density at radius 2 is 2.29 bits per heavy atom. The maximum atomic E-state index is 11.0. The monoisotopic (exact) mass is 233 g/mol. The molecule has 0 spiro atoms. The summed E-state index contributed by atoms with van der Waals surface area (Å²) in [5, 5.41) is 9.01. The fraction of sp³-hybridized carbons (Fsp3) is 0.0909. The highest BCUT2D eigenvalue weighted by Gasteiger charge is 2.17. The van der Waals surface area contributed by atoms with Crippen LogP contribution in [0.3, 0.4) is 0 Å². The third-order valence-corrected chi connectivity index (χ3v) is 2.28. The third kappa shape index (κ3) is 2.05. The summed E-state index contributed by atoms with van der Waals surface area (Å²) in [7, 11) is 1.54. The molecule has 4 N–H and O–H groups in total. The van der Waals surface area contributed by atoms with Gasteiger partial charge in [0.25, 0.3) is 0 Å². The first-order chi connectivity index (χ1) is 8.11. The van der Waals surface area contributed by atoms with Gasteiger partial charge >= 0.3 is 5.97 Å². The van der Waals surface area contributed by atoms with E-state index in [4.69, 9.17) is 15.6 Å². The molecular formula is C11H11N3O3. The van der Waals surface area contributed by atoms with Crippen molar-refractivity contribution in [2.75, 3.05) is 12.8 Å². The van der Waals surface area contributed by atoms with Gasteiger partial charge in [-0.15, -0.1) is 0 Å². The zero-order valence-electron chi connectivity index (χ0n) is 9.10. The maximum absolute atomic E-state index is 11.0. The first kappa shape index (κ1) is 11.0. The lowest BCUT2D eigenvalue weighted by atomic mass is 10.1. The van der Waals surface area contributed by atoms with Crippen LogP contribution in [0.25, 0.3) is 11.3 Å². The Bertz CT molecular complexity index is 563. The molecule has 0 aliphatic rings. The van der Waals surface area contributed by atoms with Crippen LogP contribution in [-0.2, 0) is 0 Å². The van der Waals surface area contributed by atoms with Crippen molar-refractivity contribution in [3.63, 3.8) is 0 Å². The molecule has 0 fully saturated rings. The maximum Gasteiger partial charge on any atom is 0.354 e. The molecule has 17 heavy (non-hydrogen) atoms. The summed E-state index contributed by atoms with van der Waals surface area (Å²) in [5.41, 5.74) is 6.37. The smallest absolute Gasteiger partial charge is 0.354 e. The topological polar surface area (TPSA) is 101 Å². The molecule has 2 aromatic rings. The van der Waals surface area contributed by atoms with Crippen molar-refractivity contribution in [1.82, 2.24) is 9.97 Å². The minimum atomic E-state index is -1.10. The van der Waals surface area contributed by atoms with Crippen LogP contribution in [0.5, 0.6) is 5.75 Å². The average Bonchev–Trinajstić information content (AvgIpc) is 2.72. The van der Waals surface area contributed by atoms with Crippen molar-refractivity contribution >= 4 is 11.9 Å². The van der Waals surface area contributed by atoms with Gasteiger partial charge in [-0.1, -0.05) is 12.1 Å². The molecule has 1 aromatic heterocycles. The third-order valence-electron chi connectivity index (χ3n) is 2.28. The molecular weight excluding hydrogens is 222 g/mol. The summed E-state index contributed by atoms with van der Waals surface area (Å²) in [6.45, 7) is 0. The predicted molar refractivity (Wildman–Crippen MR) is 61.9 cm³/mol. The number of aromatic amines is 1. The number of H-pyrrole nitrogens is 1. The highest BCUT2D eigenvalue weighted by atomic mass is 16.5. The normalized spacial score (nSPS) is 10.2. The average molecular weight is 233 g/mol. The van der Waals surface area contributed by atoms with E-state index in [1.807, 2.05) is 0 Å². The number of carboxylic acid groups (broad SMARTS) is 1. The molecule has 6 heteroatoms. The number of imidazole rings is 1. The fourth-order valence-electron chi connectivity index (χ4n) is 1.53. The van der Waals surface area contributed by atoms with E-state index in [0.717, 1.165) is 0 Å². The van der Waals surface area contributed by atoms with Crippen molar-refractivity contribution in [2.24, 2.45) is 0 Å². The molecule has 0 saturated carbocycles. The molecule has 6 nitrogen and oxygen atoms in total. The Morgan fingerprint density at radius 1 is 1.53 bits per heavy atom. The number of methoxy groups -OCH3 is 1. The van der Waals surface area contributed by atoms with E-state index in [1.54, 1.807) is 24.3 Å². The van der Waals surface area contributed by atoms with E-state index in [9.17, 15) is 4.79 Å². The number of aromatic nitrogens is 2. The zero-order valence-corrected chi connectivity index (χ0v) is 9.10. The first-order valence-electron chi connectivity index (χ1n) is 4.85. The second kappa shape index (κ2) is 4.17. The molecule has 0 bridgehead atoms. The molecule has 88 valence electrons. The van der Waals surface area contributed by atoms with Gasteiger partial charge in [0.1, 0.15) is 11.4 Å². The van der Waals surface area contributed by atoms with Gasteiger partial charge in [0.2, 0.25) is 0 Å². The lowest BCUT2D eigenvalue weighted by Crippen LogP contribution is -1.99. The summed E-state index contributed by atoms with van der Waals surface area (Å²) >= 11 is 0. The summed E-state index contributed by atoms with van der Waals surface area (Å²) in [6.07, 6.45) is 0. The second-order valence-electron chi connectivity index (χ2n) is 3.38. The van der Waals surface area contributed by atoms with Gasteiger partial charge < -0.3 is 20.6 Å². The molecule has 1 aromatic carbocycles. The van der Waals surface area contributed by atoms with Crippen molar-refractivity contribution in [3.05, 3.63) is 30.0 Å². The number of nitrogens with zero attached hydrogens (tertiary/aromatic N) is 1. The van der Waals surface area contributed by atoms with E-state index in [-0.39, 0.29) is 11.6 Å². The number of aromatic carboxylic acids is 1. The number of benzene rings is 1. The van der Waals surface area contributed by atoms with Gasteiger partial charge in [-0.25, -0.2) is 9.78 Å². The lowest BCUT2D eigenvalue weighted by molar-refractivity contribution is 0.0692. The van der Waals surface area contributed by atoms with Crippen molar-refractivity contribution in [1.29, 1.82) is 0 Å². The van der Waals surface area contributed by atoms with Crippen LogP contribution in [0, 0.1) is 0 Å². The Morgan fingerprint density at radius 3 is 2.94 bits per heavy atom. The summed E-state index contributed by atoms with van der Waals surface area (Å²) in [4.78, 5) is 17.5. The summed E-state index contributed by atoms with van der Waals surface area (Å²) < 4.78 is 5.07. The highest BCUT2D eigenvalue weighted by Crippen LogP contribution is 2.25. The van der Waals surface area contributed by atoms with E-state index < -0.39 is 5.97 Å². The Labute approximate surface area is 97.1 Å². The predicted octanol–water partition coefficient (Wildman–Crippen LogP) is 1.37. The van der Waals surface area contributed by atoms with Crippen molar-refractivity contribution < 1.29 is 14.6 Å². The fourth-order valence-corrected chi connectivity index (χ4v) is 1.53. The quantitative estimate of drug-likeness (QED) is 0.743. The van der Waals surface area contributed by atoms with Crippen LogP contribution in [0.4, 0.5) is 5.95 Å². The minimum absolute atomic E-state index is 0.0317. The van der Waals surface area contributed by atoms with Crippen molar-refractivity contribution in [2.45, 2.75) is 0 Å². The molecule has 1 heterocycles. The summed E-state index contributed by atoms with van der Waals surface area (Å²) in [5.74, 6) is -0.410. The van der Waals surface area contributed by atoms with Gasteiger partial charge in [-0.2, -0.15) is 0 Å². The van der Waals surface area contributed by atoms with Crippen molar-refractivity contribution in [3.8, 4) is 17.0 Å². The minimum Gasteiger partial charge on any atom is -0.497 e. The number of ether oxygens (including phenoxy) is 1. The SMILES string of the molecule is COc1cccc(-c2nc(N)[nH]c2C(=O)O)c1. The molecule has 0 aliphatic heterocycles. The van der Waals surface area contributed by atoms with Gasteiger partial charge in [0, 0.05) is 5.56 Å². The molecule has 0 radical (unpaired) electrons. The number of nitrogens with one attached hydrogen (secondary N) is 1. The lowest BCUT2D eigenvalue weighted by Gasteiger charge is -2.02. The Hall–Kier alpha value is -2.50. The molecule has 0 saturated heterocycles. The number of carboxylic acids is 1. The number of hydrogen-bond acceptors (Lipinski definition) is 4. The van der Waals surface area contributed by atoms with E-state index in [0.29, 0.717) is 17.0 Å².